The second-order valence-corrected chi connectivity index (χ2v) is 5.33. The Bertz CT molecular complexity index is 296. The molecule has 2 nitrogen and oxygen atoms in total. The molecule has 0 unspecified atom stereocenters. The van der Waals surface area contributed by atoms with Crippen LogP contribution in [0, 0.1) is 5.41 Å². The molecule has 0 saturated carbocycles. The summed E-state index contributed by atoms with van der Waals surface area (Å²) >= 11 is 0. The Morgan fingerprint density at radius 1 is 1.12 bits per heavy atom. The van der Waals surface area contributed by atoms with Gasteiger partial charge in [-0.15, -0.1) is 0 Å². The quantitative estimate of drug-likeness (QED) is 0.574. The van der Waals surface area contributed by atoms with Crippen LogP contribution in [0.3, 0.4) is 0 Å². The Labute approximate surface area is 107 Å². The van der Waals surface area contributed by atoms with Crippen LogP contribution in [-0.2, 0) is 0 Å². The van der Waals surface area contributed by atoms with E-state index in [0.717, 1.165) is 24.4 Å². The van der Waals surface area contributed by atoms with E-state index in [2.05, 4.69) is 30.8 Å². The zero-order chi connectivity index (χ0) is 13.3. The van der Waals surface area contributed by atoms with Gasteiger partial charge in [-0.05, 0) is 39.0 Å². The molecule has 2 heteroatoms. The second-order valence-electron chi connectivity index (χ2n) is 5.33. The molecule has 0 aliphatic carbocycles. The molecule has 17 heavy (non-hydrogen) atoms. The van der Waals surface area contributed by atoms with E-state index in [0.29, 0.717) is 5.41 Å². The van der Waals surface area contributed by atoms with Crippen molar-refractivity contribution in [2.75, 3.05) is 6.54 Å². The molecule has 0 aromatic rings. The van der Waals surface area contributed by atoms with Crippen LogP contribution in [0.1, 0.15) is 60.8 Å². The van der Waals surface area contributed by atoms with Gasteiger partial charge < -0.3 is 0 Å². The predicted molar refractivity (Wildman–Crippen MR) is 79.2 cm³/mol. The fraction of sp³-hybridized carbons (Fsp3) is 0.733. The van der Waals surface area contributed by atoms with Gasteiger partial charge in [0.15, 0.2) is 0 Å². The lowest BCUT2D eigenvalue weighted by atomic mass is 9.85. The smallest absolute Gasteiger partial charge is 0.0579 e. The van der Waals surface area contributed by atoms with Crippen molar-refractivity contribution in [3.8, 4) is 0 Å². The molecule has 98 valence electrons. The van der Waals surface area contributed by atoms with E-state index < -0.39 is 0 Å². The third-order valence-corrected chi connectivity index (χ3v) is 3.01. The number of hydrogen-bond donors (Lipinski definition) is 0. The Morgan fingerprint density at radius 2 is 1.76 bits per heavy atom. The van der Waals surface area contributed by atoms with E-state index in [-0.39, 0.29) is 0 Å². The van der Waals surface area contributed by atoms with Crippen LogP contribution in [0.5, 0.6) is 0 Å². The summed E-state index contributed by atoms with van der Waals surface area (Å²) in [7, 11) is 0. The number of hydrogen-bond acceptors (Lipinski definition) is 2. The van der Waals surface area contributed by atoms with Gasteiger partial charge in [0.2, 0.25) is 0 Å². The van der Waals surface area contributed by atoms with Gasteiger partial charge >= 0.3 is 0 Å². The summed E-state index contributed by atoms with van der Waals surface area (Å²) in [5.74, 6) is 0. The standard InChI is InChI=1S/C15H28N2/c1-7-9-15(5,6)10-12-17-14(4)13(3)16-11-8-2/h8,11H,7,9-10,12H2,1-6H3/b11-8+,16-13-,17-14-. The van der Waals surface area contributed by atoms with E-state index >= 15 is 0 Å². The molecule has 0 saturated heterocycles. The summed E-state index contributed by atoms with van der Waals surface area (Å²) < 4.78 is 0. The lowest BCUT2D eigenvalue weighted by Crippen LogP contribution is -2.14. The van der Waals surface area contributed by atoms with Gasteiger partial charge in [-0.2, -0.15) is 0 Å². The molecular formula is C15H28N2. The first-order valence-electron chi connectivity index (χ1n) is 6.60. The summed E-state index contributed by atoms with van der Waals surface area (Å²) in [4.78, 5) is 8.90. The summed E-state index contributed by atoms with van der Waals surface area (Å²) in [5, 5.41) is 0. The molecule has 0 N–H and O–H groups in total. The van der Waals surface area contributed by atoms with Crippen molar-refractivity contribution in [3.63, 3.8) is 0 Å². The fourth-order valence-electron chi connectivity index (χ4n) is 1.72. The minimum Gasteiger partial charge on any atom is -0.288 e. The zero-order valence-electron chi connectivity index (χ0n) is 12.4. The Hall–Kier alpha value is -0.920. The van der Waals surface area contributed by atoms with Crippen LogP contribution in [0.15, 0.2) is 22.3 Å². The topological polar surface area (TPSA) is 24.7 Å². The summed E-state index contributed by atoms with van der Waals surface area (Å²) in [6.45, 7) is 13.8. The van der Waals surface area contributed by atoms with E-state index in [4.69, 9.17) is 0 Å². The Balaban J connectivity index is 4.25. The van der Waals surface area contributed by atoms with E-state index in [1.807, 2.05) is 33.0 Å². The van der Waals surface area contributed by atoms with Gasteiger partial charge in [-0.1, -0.05) is 33.3 Å². The van der Waals surface area contributed by atoms with Crippen molar-refractivity contribution >= 4 is 11.4 Å². The van der Waals surface area contributed by atoms with Gasteiger partial charge in [0.25, 0.3) is 0 Å². The maximum absolute atomic E-state index is 4.60. The molecule has 0 heterocycles. The molecule has 0 radical (unpaired) electrons. The molecule has 0 aromatic heterocycles. The first-order valence-corrected chi connectivity index (χ1v) is 6.60. The molecule has 0 amide bonds. The monoisotopic (exact) mass is 236 g/mol. The molecule has 0 atom stereocenters. The largest absolute Gasteiger partial charge is 0.288 e. The van der Waals surface area contributed by atoms with E-state index in [1.54, 1.807) is 0 Å². The van der Waals surface area contributed by atoms with Gasteiger partial charge in [0.05, 0.1) is 11.4 Å². The summed E-state index contributed by atoms with van der Waals surface area (Å²) in [6, 6.07) is 0. The van der Waals surface area contributed by atoms with E-state index in [9.17, 15) is 0 Å². The highest BCUT2D eigenvalue weighted by Crippen LogP contribution is 2.26. The predicted octanol–water partition coefficient (Wildman–Crippen LogP) is 4.66. The SMILES string of the molecule is C/C=C/N=C(C)\C(C)=N/CCC(C)(C)CCC. The molecule has 0 spiro atoms. The third-order valence-electron chi connectivity index (χ3n) is 3.01. The maximum atomic E-state index is 4.60. The first kappa shape index (κ1) is 16.1. The summed E-state index contributed by atoms with van der Waals surface area (Å²) in [5.41, 5.74) is 2.47. The summed E-state index contributed by atoms with van der Waals surface area (Å²) in [6.07, 6.45) is 7.41. The molecule has 0 bridgehead atoms. The van der Waals surface area contributed by atoms with Crippen LogP contribution in [0.2, 0.25) is 0 Å². The minimum absolute atomic E-state index is 0.410. The highest BCUT2D eigenvalue weighted by molar-refractivity contribution is 6.40. The van der Waals surface area contributed by atoms with Crippen LogP contribution in [-0.4, -0.2) is 18.0 Å². The lowest BCUT2D eigenvalue weighted by Gasteiger charge is -2.22. The molecule has 0 aliphatic rings. The van der Waals surface area contributed by atoms with E-state index in [1.165, 1.54) is 12.8 Å². The van der Waals surface area contributed by atoms with Gasteiger partial charge in [-0.3, -0.25) is 9.98 Å². The average molecular weight is 236 g/mol. The van der Waals surface area contributed by atoms with Gasteiger partial charge in [0, 0.05) is 12.7 Å². The molecule has 0 rings (SSSR count). The number of nitrogens with zero attached hydrogens (tertiary/aromatic N) is 2. The number of aliphatic imine (C=N–C) groups is 2. The van der Waals surface area contributed by atoms with Crippen LogP contribution < -0.4 is 0 Å². The zero-order valence-corrected chi connectivity index (χ0v) is 12.4. The van der Waals surface area contributed by atoms with Crippen molar-refractivity contribution in [1.82, 2.24) is 0 Å². The Morgan fingerprint density at radius 3 is 2.29 bits per heavy atom. The van der Waals surface area contributed by atoms with Gasteiger partial charge in [0.1, 0.15) is 0 Å². The lowest BCUT2D eigenvalue weighted by molar-refractivity contribution is 0.310. The van der Waals surface area contributed by atoms with Crippen molar-refractivity contribution in [2.24, 2.45) is 15.4 Å². The minimum atomic E-state index is 0.410. The van der Waals surface area contributed by atoms with Crippen LogP contribution >= 0.6 is 0 Å². The highest BCUT2D eigenvalue weighted by atomic mass is 14.8. The molecule has 0 aliphatic heterocycles. The third kappa shape index (κ3) is 7.89. The number of rotatable bonds is 7. The maximum Gasteiger partial charge on any atom is 0.0579 e. The van der Waals surface area contributed by atoms with Gasteiger partial charge in [-0.25, -0.2) is 0 Å². The first-order chi connectivity index (χ1) is 7.93. The Kier molecular flexibility index (Phi) is 7.77. The molecule has 0 fully saturated rings. The number of allylic oxidation sites excluding steroid dienone is 1. The molecule has 0 aromatic carbocycles. The van der Waals surface area contributed by atoms with Crippen molar-refractivity contribution in [2.45, 2.75) is 60.8 Å². The van der Waals surface area contributed by atoms with Crippen molar-refractivity contribution in [1.29, 1.82) is 0 Å². The van der Waals surface area contributed by atoms with Crippen molar-refractivity contribution in [3.05, 3.63) is 12.3 Å². The van der Waals surface area contributed by atoms with Crippen LogP contribution in [0.25, 0.3) is 0 Å². The van der Waals surface area contributed by atoms with Crippen LogP contribution in [0.4, 0.5) is 0 Å². The highest BCUT2D eigenvalue weighted by Gasteiger charge is 2.15. The second kappa shape index (κ2) is 8.21. The van der Waals surface area contributed by atoms with Crippen molar-refractivity contribution < 1.29 is 0 Å². The average Bonchev–Trinajstić information content (AvgIpc) is 2.25. The fourth-order valence-corrected chi connectivity index (χ4v) is 1.72. The molecular weight excluding hydrogens is 208 g/mol. The normalized spacial score (nSPS) is 14.7.